The van der Waals surface area contributed by atoms with Crippen LogP contribution in [-0.2, 0) is 24.8 Å². The number of carbonyl (C=O) groups is 1. The number of hydrogen-bond acceptors (Lipinski definition) is 5. The number of sulfonamides is 2. The van der Waals surface area contributed by atoms with Crippen molar-refractivity contribution in [2.24, 2.45) is 5.92 Å². The fraction of sp³-hybridized carbons (Fsp3) is 0.909. The lowest BCUT2D eigenvalue weighted by molar-refractivity contribution is -0.143. The summed E-state index contributed by atoms with van der Waals surface area (Å²) in [7, 11) is -7.12. The second-order valence-electron chi connectivity index (χ2n) is 5.14. The predicted molar refractivity (Wildman–Crippen MR) is 77.8 cm³/mol. The van der Waals surface area contributed by atoms with Gasteiger partial charge in [0.1, 0.15) is 0 Å². The van der Waals surface area contributed by atoms with Crippen molar-refractivity contribution >= 4 is 26.0 Å². The number of aliphatic carboxylic acids is 1. The van der Waals surface area contributed by atoms with Crippen molar-refractivity contribution < 1.29 is 26.7 Å². The summed E-state index contributed by atoms with van der Waals surface area (Å²) in [6.07, 6.45) is 0.932. The van der Waals surface area contributed by atoms with Crippen LogP contribution in [0.15, 0.2) is 0 Å². The lowest BCUT2D eigenvalue weighted by atomic mass is 9.96. The van der Waals surface area contributed by atoms with Crippen molar-refractivity contribution in [2.45, 2.75) is 32.7 Å². The van der Waals surface area contributed by atoms with Gasteiger partial charge in [0.25, 0.3) is 0 Å². The summed E-state index contributed by atoms with van der Waals surface area (Å²) in [5, 5.41) is 9.01. The van der Waals surface area contributed by atoms with Gasteiger partial charge in [-0.05, 0) is 26.7 Å². The molecule has 1 aliphatic heterocycles. The lowest BCUT2D eigenvalue weighted by Crippen LogP contribution is -2.49. The van der Waals surface area contributed by atoms with Crippen molar-refractivity contribution in [3.05, 3.63) is 0 Å². The largest absolute Gasteiger partial charge is 0.481 e. The minimum atomic E-state index is -3.69. The molecule has 21 heavy (non-hydrogen) atoms. The van der Waals surface area contributed by atoms with Crippen LogP contribution in [0.25, 0.3) is 0 Å². The minimum Gasteiger partial charge on any atom is -0.481 e. The summed E-state index contributed by atoms with van der Waals surface area (Å²) in [4.78, 5) is 11.0. The molecule has 0 radical (unpaired) electrons. The number of carboxylic acids is 1. The number of hydrogen-bond donors (Lipinski definition) is 2. The molecule has 1 heterocycles. The number of nitrogens with zero attached hydrogens (tertiary/aromatic N) is 1. The molecule has 0 amide bonds. The standard InChI is InChI=1S/C11H22N2O6S2/c1-3-20(16,17)12-6-7-21(18,19)13-8-10(11(14)15)5-4-9(13)2/h9-10,12H,3-8H2,1-2H3,(H,14,15). The topological polar surface area (TPSA) is 121 Å². The third-order valence-corrected chi connectivity index (χ3v) is 6.94. The van der Waals surface area contributed by atoms with Crippen molar-refractivity contribution in [3.8, 4) is 0 Å². The Labute approximate surface area is 125 Å². The molecule has 1 fully saturated rings. The first-order valence-electron chi connectivity index (χ1n) is 6.78. The zero-order valence-electron chi connectivity index (χ0n) is 12.1. The molecular weight excluding hydrogens is 320 g/mol. The molecule has 1 aliphatic rings. The summed E-state index contributed by atoms with van der Waals surface area (Å²) in [6, 6.07) is -0.270. The Bertz CT molecular complexity index is 572. The summed E-state index contributed by atoms with van der Waals surface area (Å²) < 4.78 is 50.4. The van der Waals surface area contributed by atoms with Crippen LogP contribution in [0.1, 0.15) is 26.7 Å². The quantitative estimate of drug-likeness (QED) is 0.640. The Balaban J connectivity index is 2.69. The van der Waals surface area contributed by atoms with Crippen LogP contribution in [0.2, 0.25) is 0 Å². The van der Waals surface area contributed by atoms with Crippen molar-refractivity contribution in [1.82, 2.24) is 9.03 Å². The summed E-state index contributed by atoms with van der Waals surface area (Å²) in [6.45, 7) is 2.92. The Morgan fingerprint density at radius 1 is 1.29 bits per heavy atom. The molecule has 0 spiro atoms. The molecule has 0 aromatic rings. The molecule has 124 valence electrons. The molecule has 0 bridgehead atoms. The lowest BCUT2D eigenvalue weighted by Gasteiger charge is -2.35. The molecule has 2 atom stereocenters. The van der Waals surface area contributed by atoms with Gasteiger partial charge >= 0.3 is 5.97 Å². The predicted octanol–water partition coefficient (Wildman–Crippen LogP) is -0.559. The van der Waals surface area contributed by atoms with Crippen LogP contribution >= 0.6 is 0 Å². The molecule has 2 unspecified atom stereocenters. The second-order valence-corrected chi connectivity index (χ2v) is 9.28. The Kier molecular flexibility index (Phi) is 6.14. The maximum atomic E-state index is 12.2. The van der Waals surface area contributed by atoms with E-state index in [1.807, 2.05) is 0 Å². The number of rotatable bonds is 7. The van der Waals surface area contributed by atoms with E-state index in [1.54, 1.807) is 6.92 Å². The second kappa shape index (κ2) is 7.03. The van der Waals surface area contributed by atoms with Crippen LogP contribution in [-0.4, -0.2) is 62.9 Å². The van der Waals surface area contributed by atoms with E-state index in [1.165, 1.54) is 11.2 Å². The van der Waals surface area contributed by atoms with Gasteiger partial charge in [-0.3, -0.25) is 4.79 Å². The summed E-state index contributed by atoms with van der Waals surface area (Å²) in [5.41, 5.74) is 0. The van der Waals surface area contributed by atoms with E-state index >= 15 is 0 Å². The number of nitrogens with one attached hydrogen (secondary N) is 1. The molecule has 2 N–H and O–H groups in total. The summed E-state index contributed by atoms with van der Waals surface area (Å²) in [5.74, 6) is -2.20. The Hall–Kier alpha value is -0.710. The van der Waals surface area contributed by atoms with Crippen molar-refractivity contribution in [1.29, 1.82) is 0 Å². The third kappa shape index (κ3) is 5.20. The molecule has 10 heteroatoms. The van der Waals surface area contributed by atoms with Gasteiger partial charge < -0.3 is 5.11 Å². The van der Waals surface area contributed by atoms with Crippen LogP contribution in [0, 0.1) is 5.92 Å². The average Bonchev–Trinajstić information content (AvgIpc) is 2.38. The first-order chi connectivity index (χ1) is 9.59. The van der Waals surface area contributed by atoms with Crippen LogP contribution in [0.5, 0.6) is 0 Å². The van der Waals surface area contributed by atoms with Gasteiger partial charge in [-0.15, -0.1) is 0 Å². The molecule has 0 aromatic carbocycles. The van der Waals surface area contributed by atoms with Gasteiger partial charge in [0.15, 0.2) is 0 Å². The molecule has 0 aromatic heterocycles. The normalized spacial score (nSPS) is 24.9. The van der Waals surface area contributed by atoms with Gasteiger partial charge in [-0.2, -0.15) is 4.31 Å². The monoisotopic (exact) mass is 342 g/mol. The first-order valence-corrected chi connectivity index (χ1v) is 10.0. The highest BCUT2D eigenvalue weighted by Gasteiger charge is 2.36. The van der Waals surface area contributed by atoms with Gasteiger partial charge in [-0.1, -0.05) is 0 Å². The average molecular weight is 342 g/mol. The van der Waals surface area contributed by atoms with E-state index in [0.29, 0.717) is 12.8 Å². The SMILES string of the molecule is CCS(=O)(=O)NCCS(=O)(=O)N1CC(C(=O)O)CCC1C. The van der Waals surface area contributed by atoms with Crippen molar-refractivity contribution in [2.75, 3.05) is 24.6 Å². The molecule has 0 saturated carbocycles. The zero-order chi connectivity index (χ0) is 16.3. The fourth-order valence-corrected chi connectivity index (χ4v) is 4.61. The Morgan fingerprint density at radius 2 is 1.90 bits per heavy atom. The van der Waals surface area contributed by atoms with Gasteiger partial charge in [-0.25, -0.2) is 21.6 Å². The van der Waals surface area contributed by atoms with Crippen LogP contribution < -0.4 is 4.72 Å². The van der Waals surface area contributed by atoms with Crippen LogP contribution in [0.3, 0.4) is 0 Å². The van der Waals surface area contributed by atoms with Crippen LogP contribution in [0.4, 0.5) is 0 Å². The highest BCUT2D eigenvalue weighted by atomic mass is 32.2. The highest BCUT2D eigenvalue weighted by Crippen LogP contribution is 2.24. The molecule has 1 rings (SSSR count). The van der Waals surface area contributed by atoms with Gasteiger partial charge in [0.05, 0.1) is 17.4 Å². The first kappa shape index (κ1) is 18.3. The summed E-state index contributed by atoms with van der Waals surface area (Å²) >= 11 is 0. The zero-order valence-corrected chi connectivity index (χ0v) is 13.8. The smallest absolute Gasteiger partial charge is 0.307 e. The van der Waals surface area contributed by atoms with E-state index in [0.717, 1.165) is 0 Å². The maximum Gasteiger partial charge on any atom is 0.307 e. The number of piperidine rings is 1. The maximum absolute atomic E-state index is 12.2. The molecule has 8 nitrogen and oxygen atoms in total. The van der Waals surface area contributed by atoms with E-state index in [2.05, 4.69) is 4.72 Å². The van der Waals surface area contributed by atoms with E-state index < -0.39 is 31.9 Å². The molecular formula is C11H22N2O6S2. The third-order valence-electron chi connectivity index (χ3n) is 3.59. The molecule has 0 aliphatic carbocycles. The minimum absolute atomic E-state index is 0.0562. The van der Waals surface area contributed by atoms with E-state index in [-0.39, 0.29) is 30.6 Å². The molecule has 1 saturated heterocycles. The van der Waals surface area contributed by atoms with E-state index in [4.69, 9.17) is 5.11 Å². The van der Waals surface area contributed by atoms with Crippen molar-refractivity contribution in [3.63, 3.8) is 0 Å². The fourth-order valence-electron chi connectivity index (χ4n) is 2.21. The Morgan fingerprint density at radius 3 is 2.43 bits per heavy atom. The highest BCUT2D eigenvalue weighted by molar-refractivity contribution is 7.90. The van der Waals surface area contributed by atoms with Gasteiger partial charge in [0, 0.05) is 19.1 Å². The van der Waals surface area contributed by atoms with E-state index in [9.17, 15) is 21.6 Å². The number of carboxylic acid groups (broad SMARTS) is 1. The van der Waals surface area contributed by atoms with Gasteiger partial charge in [0.2, 0.25) is 20.0 Å².